The van der Waals surface area contributed by atoms with Gasteiger partial charge in [-0.2, -0.15) is 0 Å². The minimum Gasteiger partial charge on any atom is -0.345 e. The molecule has 0 aliphatic carbocycles. The van der Waals surface area contributed by atoms with E-state index in [9.17, 15) is 19.2 Å². The van der Waals surface area contributed by atoms with Gasteiger partial charge in [0, 0.05) is 24.7 Å². The molecule has 1 unspecified atom stereocenters. The lowest BCUT2D eigenvalue weighted by Gasteiger charge is -2.29. The molecule has 11 nitrogen and oxygen atoms in total. The van der Waals surface area contributed by atoms with Crippen molar-refractivity contribution in [3.8, 4) is 5.69 Å². The molecule has 2 aliphatic rings. The number of benzene rings is 1. The van der Waals surface area contributed by atoms with Crippen LogP contribution in [0.5, 0.6) is 0 Å². The number of carbonyl (C=O) groups excluding carboxylic acids is 4. The average Bonchev–Trinajstić information content (AvgIpc) is 3.43. The molecular weight excluding hydrogens is 426 g/mol. The molecule has 0 radical (unpaired) electrons. The lowest BCUT2D eigenvalue weighted by molar-refractivity contribution is -0.136. The van der Waals surface area contributed by atoms with Gasteiger partial charge >= 0.3 is 0 Å². The van der Waals surface area contributed by atoms with Crippen molar-refractivity contribution in [3.05, 3.63) is 71.3 Å². The molecule has 166 valence electrons. The molecule has 5 rings (SSSR count). The first kappa shape index (κ1) is 20.5. The molecule has 2 N–H and O–H groups in total. The second kappa shape index (κ2) is 8.26. The zero-order valence-corrected chi connectivity index (χ0v) is 17.4. The summed E-state index contributed by atoms with van der Waals surface area (Å²) in [5.41, 5.74) is 2.85. The average molecular weight is 445 g/mol. The lowest BCUT2D eigenvalue weighted by atomic mass is 10.0. The van der Waals surface area contributed by atoms with Crippen LogP contribution in [0.3, 0.4) is 0 Å². The Kier molecular flexibility index (Phi) is 5.13. The Balaban J connectivity index is 1.28. The number of amides is 4. The lowest BCUT2D eigenvalue weighted by Crippen LogP contribution is -2.52. The molecule has 3 aromatic rings. The highest BCUT2D eigenvalue weighted by molar-refractivity contribution is 6.05. The molecule has 0 bridgehead atoms. The Morgan fingerprint density at radius 3 is 2.85 bits per heavy atom. The second-order valence-electron chi connectivity index (χ2n) is 7.79. The van der Waals surface area contributed by atoms with Crippen molar-refractivity contribution in [2.24, 2.45) is 0 Å². The highest BCUT2D eigenvalue weighted by Crippen LogP contribution is 2.29. The normalized spacial score (nSPS) is 17.6. The second-order valence-corrected chi connectivity index (χ2v) is 7.79. The third-order valence-corrected chi connectivity index (χ3v) is 5.64. The van der Waals surface area contributed by atoms with Crippen LogP contribution in [0.4, 0.5) is 0 Å². The van der Waals surface area contributed by atoms with Gasteiger partial charge in [-0.1, -0.05) is 11.3 Å². The fraction of sp³-hybridized carbons (Fsp3) is 0.227. The van der Waals surface area contributed by atoms with E-state index in [1.54, 1.807) is 47.4 Å². The highest BCUT2D eigenvalue weighted by atomic mass is 16.2. The van der Waals surface area contributed by atoms with Gasteiger partial charge in [0.2, 0.25) is 11.8 Å². The van der Waals surface area contributed by atoms with Crippen molar-refractivity contribution in [3.63, 3.8) is 0 Å². The summed E-state index contributed by atoms with van der Waals surface area (Å²) in [7, 11) is 0. The topological polar surface area (TPSA) is 139 Å². The minimum absolute atomic E-state index is 0.183. The van der Waals surface area contributed by atoms with Crippen molar-refractivity contribution < 1.29 is 19.2 Å². The maximum absolute atomic E-state index is 12.8. The number of nitrogens with one attached hydrogen (secondary N) is 2. The molecule has 4 heterocycles. The van der Waals surface area contributed by atoms with Crippen molar-refractivity contribution in [2.75, 3.05) is 0 Å². The van der Waals surface area contributed by atoms with E-state index in [-0.39, 0.29) is 37.2 Å². The summed E-state index contributed by atoms with van der Waals surface area (Å²) in [6.45, 7) is 0.456. The van der Waals surface area contributed by atoms with E-state index < -0.39 is 11.9 Å². The van der Waals surface area contributed by atoms with E-state index in [1.165, 1.54) is 4.90 Å². The van der Waals surface area contributed by atoms with Crippen LogP contribution in [0, 0.1) is 0 Å². The van der Waals surface area contributed by atoms with Crippen LogP contribution < -0.4 is 10.6 Å². The van der Waals surface area contributed by atoms with Gasteiger partial charge in [0.25, 0.3) is 11.8 Å². The Labute approximate surface area is 187 Å². The molecule has 0 spiro atoms. The van der Waals surface area contributed by atoms with Gasteiger partial charge in [-0.3, -0.25) is 29.5 Å². The molecule has 1 saturated heterocycles. The molecule has 1 fully saturated rings. The van der Waals surface area contributed by atoms with Crippen LogP contribution in [0.1, 0.15) is 44.9 Å². The molecule has 33 heavy (non-hydrogen) atoms. The molecule has 1 aromatic carbocycles. The third-order valence-electron chi connectivity index (χ3n) is 5.64. The standard InChI is InChI=1S/C22H19N7O4/c30-19-7-6-18(21(32)25-19)28-11-13-9-15(4-5-16(13)22(28)33)29-12-14(26-27-29)10-24-20(31)17-3-1-2-8-23-17/h1-5,8-9,12,18H,6-7,10-11H2,(H,24,31)(H,25,30,32). The first-order valence-electron chi connectivity index (χ1n) is 10.4. The predicted octanol–water partition coefficient (Wildman–Crippen LogP) is 0.353. The summed E-state index contributed by atoms with van der Waals surface area (Å²) >= 11 is 0. The number of pyridine rings is 1. The maximum Gasteiger partial charge on any atom is 0.270 e. The maximum atomic E-state index is 12.8. The Morgan fingerprint density at radius 1 is 1.18 bits per heavy atom. The zero-order valence-electron chi connectivity index (χ0n) is 17.4. The number of rotatable bonds is 5. The summed E-state index contributed by atoms with van der Waals surface area (Å²) in [5.74, 6) is -1.31. The quantitative estimate of drug-likeness (QED) is 0.540. The molecule has 11 heteroatoms. The predicted molar refractivity (Wildman–Crippen MR) is 113 cm³/mol. The first-order chi connectivity index (χ1) is 16.0. The van der Waals surface area contributed by atoms with E-state index in [1.807, 2.05) is 6.07 Å². The van der Waals surface area contributed by atoms with Crippen molar-refractivity contribution in [2.45, 2.75) is 32.0 Å². The third kappa shape index (κ3) is 3.95. The van der Waals surface area contributed by atoms with Crippen LogP contribution in [0.25, 0.3) is 5.69 Å². The molecular formula is C22H19N7O4. The number of imide groups is 1. The Morgan fingerprint density at radius 2 is 2.06 bits per heavy atom. The number of carbonyl (C=O) groups is 4. The van der Waals surface area contributed by atoms with Gasteiger partial charge in [0.15, 0.2) is 0 Å². The summed E-state index contributed by atoms with van der Waals surface area (Å²) < 4.78 is 1.56. The highest BCUT2D eigenvalue weighted by Gasteiger charge is 2.39. The van der Waals surface area contributed by atoms with Gasteiger partial charge < -0.3 is 10.2 Å². The van der Waals surface area contributed by atoms with E-state index in [4.69, 9.17) is 0 Å². The Bertz CT molecular complexity index is 1270. The summed E-state index contributed by atoms with van der Waals surface area (Å²) in [5, 5.41) is 13.2. The van der Waals surface area contributed by atoms with Crippen LogP contribution in [0.2, 0.25) is 0 Å². The molecule has 1 atom stereocenters. The number of piperidine rings is 1. The Hall–Kier alpha value is -4.41. The van der Waals surface area contributed by atoms with Crippen LogP contribution in [-0.4, -0.2) is 54.5 Å². The van der Waals surface area contributed by atoms with Crippen molar-refractivity contribution >= 4 is 23.6 Å². The number of fused-ring (bicyclic) bond motifs is 1. The minimum atomic E-state index is -0.660. The van der Waals surface area contributed by atoms with Gasteiger partial charge in [-0.15, -0.1) is 5.10 Å². The van der Waals surface area contributed by atoms with Gasteiger partial charge in [0.05, 0.1) is 18.4 Å². The zero-order chi connectivity index (χ0) is 22.9. The summed E-state index contributed by atoms with van der Waals surface area (Å²) in [4.78, 5) is 54.1. The van der Waals surface area contributed by atoms with E-state index in [0.29, 0.717) is 29.1 Å². The fourth-order valence-corrected chi connectivity index (χ4v) is 3.97. The summed E-state index contributed by atoms with van der Waals surface area (Å²) in [6, 6.07) is 9.69. The number of nitrogens with zero attached hydrogens (tertiary/aromatic N) is 5. The number of hydrogen-bond donors (Lipinski definition) is 2. The van der Waals surface area contributed by atoms with Crippen LogP contribution >= 0.6 is 0 Å². The molecule has 0 saturated carbocycles. The number of aromatic nitrogens is 4. The SMILES string of the molecule is O=C1CCC(N2Cc3cc(-n4cc(CNC(=O)c5ccccn5)nn4)ccc3C2=O)C(=O)N1. The van der Waals surface area contributed by atoms with E-state index in [2.05, 4.69) is 25.9 Å². The van der Waals surface area contributed by atoms with Gasteiger partial charge in [0.1, 0.15) is 17.4 Å². The monoisotopic (exact) mass is 445 g/mol. The largest absolute Gasteiger partial charge is 0.345 e. The molecule has 4 amide bonds. The van der Waals surface area contributed by atoms with Crippen LogP contribution in [0.15, 0.2) is 48.8 Å². The molecule has 2 aromatic heterocycles. The molecule has 2 aliphatic heterocycles. The fourth-order valence-electron chi connectivity index (χ4n) is 3.97. The van der Waals surface area contributed by atoms with Gasteiger partial charge in [-0.05, 0) is 42.3 Å². The van der Waals surface area contributed by atoms with Crippen molar-refractivity contribution in [1.29, 1.82) is 0 Å². The van der Waals surface area contributed by atoms with Gasteiger partial charge in [-0.25, -0.2) is 4.68 Å². The van der Waals surface area contributed by atoms with E-state index in [0.717, 1.165) is 5.56 Å². The summed E-state index contributed by atoms with van der Waals surface area (Å²) in [6.07, 6.45) is 3.76. The van der Waals surface area contributed by atoms with E-state index >= 15 is 0 Å². The number of hydrogen-bond acceptors (Lipinski definition) is 7. The smallest absolute Gasteiger partial charge is 0.270 e. The van der Waals surface area contributed by atoms with Crippen molar-refractivity contribution in [1.82, 2.24) is 35.5 Å². The first-order valence-corrected chi connectivity index (χ1v) is 10.4. The van der Waals surface area contributed by atoms with Crippen LogP contribution in [-0.2, 0) is 22.7 Å².